The third-order valence-corrected chi connectivity index (χ3v) is 5.36. The fourth-order valence-corrected chi connectivity index (χ4v) is 4.96. The van der Waals surface area contributed by atoms with Gasteiger partial charge in [0.15, 0.2) is 5.82 Å². The molecule has 4 bridgehead atoms. The highest BCUT2D eigenvalue weighted by atomic mass is 16.5. The van der Waals surface area contributed by atoms with Crippen molar-refractivity contribution in [3.05, 3.63) is 11.7 Å². The van der Waals surface area contributed by atoms with Crippen LogP contribution in [-0.2, 0) is 6.42 Å². The standard InChI is InChI=1S/C14H21N3O/c15-2-1-12-16-14(18-17-12)13-10-4-8-3-9(6-10)7-11(13)5-8/h8-11,13H,1-7,15H2. The number of nitrogens with zero attached hydrogens (tertiary/aromatic N) is 2. The molecule has 1 aromatic rings. The molecule has 0 saturated heterocycles. The molecule has 98 valence electrons. The van der Waals surface area contributed by atoms with Crippen molar-refractivity contribution in [1.29, 1.82) is 0 Å². The lowest BCUT2D eigenvalue weighted by molar-refractivity contribution is -0.0131. The Balaban J connectivity index is 1.60. The summed E-state index contributed by atoms with van der Waals surface area (Å²) < 4.78 is 5.53. The van der Waals surface area contributed by atoms with Crippen LogP contribution in [0.1, 0.15) is 49.7 Å². The molecule has 1 heterocycles. The zero-order valence-electron chi connectivity index (χ0n) is 10.7. The van der Waals surface area contributed by atoms with Crippen LogP contribution >= 0.6 is 0 Å². The summed E-state index contributed by atoms with van der Waals surface area (Å²) in [6.45, 7) is 0.598. The summed E-state index contributed by atoms with van der Waals surface area (Å²) in [4.78, 5) is 4.59. The Morgan fingerprint density at radius 3 is 2.33 bits per heavy atom. The number of hydrogen-bond acceptors (Lipinski definition) is 4. The Morgan fingerprint density at radius 2 is 1.72 bits per heavy atom. The van der Waals surface area contributed by atoms with Gasteiger partial charge in [-0.2, -0.15) is 4.98 Å². The van der Waals surface area contributed by atoms with Gasteiger partial charge in [0.2, 0.25) is 5.89 Å². The van der Waals surface area contributed by atoms with Crippen molar-refractivity contribution in [2.24, 2.45) is 29.4 Å². The highest BCUT2D eigenvalue weighted by molar-refractivity contribution is 5.09. The lowest BCUT2D eigenvalue weighted by atomic mass is 9.52. The summed E-state index contributed by atoms with van der Waals surface area (Å²) in [7, 11) is 0. The van der Waals surface area contributed by atoms with Crippen LogP contribution in [0.25, 0.3) is 0 Å². The van der Waals surface area contributed by atoms with Crippen LogP contribution in [0, 0.1) is 23.7 Å². The van der Waals surface area contributed by atoms with Crippen LogP contribution in [0.3, 0.4) is 0 Å². The summed E-state index contributed by atoms with van der Waals surface area (Å²) in [5, 5.41) is 4.07. The molecule has 4 nitrogen and oxygen atoms in total. The first kappa shape index (κ1) is 11.0. The van der Waals surface area contributed by atoms with Gasteiger partial charge in [-0.3, -0.25) is 0 Å². The van der Waals surface area contributed by atoms with Crippen molar-refractivity contribution < 1.29 is 4.52 Å². The van der Waals surface area contributed by atoms with E-state index in [2.05, 4.69) is 10.1 Å². The smallest absolute Gasteiger partial charge is 0.230 e. The fraction of sp³-hybridized carbons (Fsp3) is 0.857. The number of hydrogen-bond donors (Lipinski definition) is 1. The van der Waals surface area contributed by atoms with E-state index in [1.54, 1.807) is 0 Å². The van der Waals surface area contributed by atoms with E-state index < -0.39 is 0 Å². The quantitative estimate of drug-likeness (QED) is 0.888. The van der Waals surface area contributed by atoms with Crippen molar-refractivity contribution in [2.45, 2.75) is 44.4 Å². The second-order valence-corrected chi connectivity index (χ2v) is 6.54. The SMILES string of the molecule is NCCc1noc(C2C3CC4CC(C3)CC2C4)n1. The Morgan fingerprint density at radius 1 is 1.06 bits per heavy atom. The van der Waals surface area contributed by atoms with Gasteiger partial charge in [0.05, 0.1) is 0 Å². The molecule has 0 radical (unpaired) electrons. The average Bonchev–Trinajstić information content (AvgIpc) is 2.76. The van der Waals surface area contributed by atoms with Crippen molar-refractivity contribution in [3.8, 4) is 0 Å². The van der Waals surface area contributed by atoms with Crippen LogP contribution in [0.4, 0.5) is 0 Å². The number of aromatic nitrogens is 2. The van der Waals surface area contributed by atoms with Crippen LogP contribution < -0.4 is 5.73 Å². The van der Waals surface area contributed by atoms with Crippen LogP contribution in [0.5, 0.6) is 0 Å². The molecule has 5 rings (SSSR count). The molecule has 1 aromatic heterocycles. The van der Waals surface area contributed by atoms with Crippen molar-refractivity contribution in [2.75, 3.05) is 6.54 Å². The molecule has 0 spiro atoms. The molecule has 0 amide bonds. The molecule has 0 unspecified atom stereocenters. The Labute approximate surface area is 107 Å². The van der Waals surface area contributed by atoms with E-state index in [9.17, 15) is 0 Å². The maximum absolute atomic E-state index is 5.54. The molecule has 0 atom stereocenters. The molecule has 4 saturated carbocycles. The summed E-state index contributed by atoms with van der Waals surface area (Å²) in [6, 6.07) is 0. The molecule has 2 N–H and O–H groups in total. The predicted octanol–water partition coefficient (Wildman–Crippen LogP) is 2.11. The summed E-state index contributed by atoms with van der Waals surface area (Å²) in [6.07, 6.45) is 7.80. The van der Waals surface area contributed by atoms with Crippen LogP contribution in [0.2, 0.25) is 0 Å². The molecule has 4 fully saturated rings. The van der Waals surface area contributed by atoms with Gasteiger partial charge in [0.1, 0.15) is 0 Å². The molecule has 4 heteroatoms. The van der Waals surface area contributed by atoms with Crippen LogP contribution in [-0.4, -0.2) is 16.7 Å². The van der Waals surface area contributed by atoms with E-state index in [1.807, 2.05) is 0 Å². The summed E-state index contributed by atoms with van der Waals surface area (Å²) >= 11 is 0. The molecular formula is C14H21N3O. The van der Waals surface area contributed by atoms with E-state index in [1.165, 1.54) is 32.1 Å². The minimum absolute atomic E-state index is 0.553. The van der Waals surface area contributed by atoms with E-state index >= 15 is 0 Å². The molecule has 0 aliphatic heterocycles. The van der Waals surface area contributed by atoms with E-state index in [0.29, 0.717) is 12.5 Å². The first-order chi connectivity index (χ1) is 8.83. The minimum Gasteiger partial charge on any atom is -0.339 e. The topological polar surface area (TPSA) is 64.9 Å². The normalized spacial score (nSPS) is 41.5. The largest absolute Gasteiger partial charge is 0.339 e. The Kier molecular flexibility index (Phi) is 2.47. The summed E-state index contributed by atoms with van der Waals surface area (Å²) in [5.74, 6) is 5.87. The van der Waals surface area contributed by atoms with Gasteiger partial charge in [-0.25, -0.2) is 0 Å². The van der Waals surface area contributed by atoms with Crippen molar-refractivity contribution >= 4 is 0 Å². The van der Waals surface area contributed by atoms with E-state index in [-0.39, 0.29) is 0 Å². The first-order valence-corrected chi connectivity index (χ1v) is 7.36. The lowest BCUT2D eigenvalue weighted by Crippen LogP contribution is -2.43. The van der Waals surface area contributed by atoms with Crippen molar-refractivity contribution in [1.82, 2.24) is 10.1 Å². The number of nitrogens with two attached hydrogens (primary N) is 1. The summed E-state index contributed by atoms with van der Waals surface area (Å²) in [5.41, 5.74) is 5.54. The molecular weight excluding hydrogens is 226 g/mol. The van der Waals surface area contributed by atoms with Crippen LogP contribution in [0.15, 0.2) is 4.52 Å². The molecule has 18 heavy (non-hydrogen) atoms. The second kappa shape index (κ2) is 4.05. The highest BCUT2D eigenvalue weighted by Gasteiger charge is 2.50. The lowest BCUT2D eigenvalue weighted by Gasteiger charge is -2.53. The van der Waals surface area contributed by atoms with Gasteiger partial charge in [0.25, 0.3) is 0 Å². The van der Waals surface area contributed by atoms with Gasteiger partial charge >= 0.3 is 0 Å². The second-order valence-electron chi connectivity index (χ2n) is 6.54. The molecule has 4 aliphatic rings. The van der Waals surface area contributed by atoms with Gasteiger partial charge in [0, 0.05) is 12.3 Å². The van der Waals surface area contributed by atoms with Gasteiger partial charge in [-0.05, 0) is 62.3 Å². The zero-order chi connectivity index (χ0) is 12.1. The maximum Gasteiger partial charge on any atom is 0.230 e. The van der Waals surface area contributed by atoms with Gasteiger partial charge < -0.3 is 10.3 Å². The molecule has 4 aliphatic carbocycles. The highest BCUT2D eigenvalue weighted by Crippen LogP contribution is 2.59. The molecule has 0 aromatic carbocycles. The minimum atomic E-state index is 0.553. The first-order valence-electron chi connectivity index (χ1n) is 7.36. The van der Waals surface area contributed by atoms with E-state index in [0.717, 1.165) is 41.8 Å². The third-order valence-electron chi connectivity index (χ3n) is 5.36. The fourth-order valence-electron chi connectivity index (χ4n) is 4.96. The Bertz CT molecular complexity index is 414. The zero-order valence-corrected chi connectivity index (χ0v) is 10.7. The predicted molar refractivity (Wildman–Crippen MR) is 66.8 cm³/mol. The van der Waals surface area contributed by atoms with Gasteiger partial charge in [-0.1, -0.05) is 5.16 Å². The monoisotopic (exact) mass is 247 g/mol. The van der Waals surface area contributed by atoms with Gasteiger partial charge in [-0.15, -0.1) is 0 Å². The van der Waals surface area contributed by atoms with E-state index in [4.69, 9.17) is 10.3 Å². The third kappa shape index (κ3) is 1.62. The van der Waals surface area contributed by atoms with Crippen molar-refractivity contribution in [3.63, 3.8) is 0 Å². The maximum atomic E-state index is 5.54. The Hall–Kier alpha value is -0.900. The number of rotatable bonds is 3. The average molecular weight is 247 g/mol.